The van der Waals surface area contributed by atoms with Crippen LogP contribution in [0, 0.1) is 0 Å². The Balaban J connectivity index is 2.22. The molecule has 5 nitrogen and oxygen atoms in total. The van der Waals surface area contributed by atoms with Gasteiger partial charge in [0.1, 0.15) is 0 Å². The van der Waals surface area contributed by atoms with Crippen molar-refractivity contribution in [1.82, 2.24) is 9.62 Å². The highest BCUT2D eigenvalue weighted by Gasteiger charge is 2.35. The molecule has 134 valence electrons. The standard InChI is InChI=1S/C14H16ClF3N2O3S/c1-9(13(21)20-6-2-3-7-20)19-24(22,23)10-4-5-12(15)11(8-10)14(16,17)18/h4-5,8-9,19H,2-3,6-7H2,1H3/t9-/m1/s1. The van der Waals surface area contributed by atoms with Gasteiger partial charge in [-0.3, -0.25) is 4.79 Å². The minimum Gasteiger partial charge on any atom is -0.341 e. The normalized spacial score (nSPS) is 17.1. The van der Waals surface area contributed by atoms with Crippen molar-refractivity contribution in [3.8, 4) is 0 Å². The quantitative estimate of drug-likeness (QED) is 0.867. The van der Waals surface area contributed by atoms with Gasteiger partial charge in [0.05, 0.1) is 21.5 Å². The van der Waals surface area contributed by atoms with E-state index >= 15 is 0 Å². The van der Waals surface area contributed by atoms with Crippen LogP contribution in [0.15, 0.2) is 23.1 Å². The van der Waals surface area contributed by atoms with Gasteiger partial charge in [0, 0.05) is 13.1 Å². The molecule has 1 atom stereocenters. The summed E-state index contributed by atoms with van der Waals surface area (Å²) in [6.07, 6.45) is -3.09. The van der Waals surface area contributed by atoms with Gasteiger partial charge in [-0.2, -0.15) is 17.9 Å². The smallest absolute Gasteiger partial charge is 0.341 e. The third kappa shape index (κ3) is 4.20. The van der Waals surface area contributed by atoms with E-state index in [9.17, 15) is 26.4 Å². The molecule has 0 saturated carbocycles. The lowest BCUT2D eigenvalue weighted by Gasteiger charge is -2.21. The fourth-order valence-corrected chi connectivity index (χ4v) is 3.90. The highest BCUT2D eigenvalue weighted by molar-refractivity contribution is 7.89. The van der Waals surface area contributed by atoms with Crippen molar-refractivity contribution in [2.24, 2.45) is 0 Å². The van der Waals surface area contributed by atoms with Crippen molar-refractivity contribution in [2.45, 2.75) is 36.9 Å². The van der Waals surface area contributed by atoms with Crippen LogP contribution in [0.2, 0.25) is 5.02 Å². The van der Waals surface area contributed by atoms with Gasteiger partial charge in [-0.05, 0) is 38.0 Å². The van der Waals surface area contributed by atoms with E-state index in [1.54, 1.807) is 0 Å². The molecule has 1 aliphatic rings. The monoisotopic (exact) mass is 384 g/mol. The number of benzene rings is 1. The Kier molecular flexibility index (Phi) is 5.46. The van der Waals surface area contributed by atoms with E-state index in [4.69, 9.17) is 11.6 Å². The third-order valence-electron chi connectivity index (χ3n) is 3.67. The molecular formula is C14H16ClF3N2O3S. The van der Waals surface area contributed by atoms with Crippen LogP contribution in [0.4, 0.5) is 13.2 Å². The summed E-state index contributed by atoms with van der Waals surface area (Å²) in [5.41, 5.74) is -1.24. The summed E-state index contributed by atoms with van der Waals surface area (Å²) in [6, 6.07) is 1.22. The number of carbonyl (C=O) groups excluding carboxylic acids is 1. The van der Waals surface area contributed by atoms with Gasteiger partial charge >= 0.3 is 6.18 Å². The van der Waals surface area contributed by atoms with Gasteiger partial charge in [0.2, 0.25) is 15.9 Å². The van der Waals surface area contributed by atoms with E-state index in [-0.39, 0.29) is 0 Å². The number of hydrogen-bond acceptors (Lipinski definition) is 3. The van der Waals surface area contributed by atoms with Crippen molar-refractivity contribution in [3.63, 3.8) is 0 Å². The summed E-state index contributed by atoms with van der Waals surface area (Å²) >= 11 is 5.48. The van der Waals surface area contributed by atoms with Gasteiger partial charge in [-0.1, -0.05) is 11.6 Å². The zero-order valence-electron chi connectivity index (χ0n) is 12.7. The van der Waals surface area contributed by atoms with Crippen molar-refractivity contribution in [1.29, 1.82) is 0 Å². The average molecular weight is 385 g/mol. The number of nitrogens with one attached hydrogen (secondary N) is 1. The lowest BCUT2D eigenvalue weighted by atomic mass is 10.2. The molecule has 10 heteroatoms. The number of sulfonamides is 1. The van der Waals surface area contributed by atoms with E-state index < -0.39 is 43.6 Å². The number of alkyl halides is 3. The lowest BCUT2D eigenvalue weighted by molar-refractivity contribution is -0.137. The molecule has 0 radical (unpaired) electrons. The number of amides is 1. The zero-order valence-corrected chi connectivity index (χ0v) is 14.3. The number of halogens is 4. The van der Waals surface area contributed by atoms with Gasteiger partial charge in [-0.25, -0.2) is 8.42 Å². The Morgan fingerprint density at radius 1 is 1.29 bits per heavy atom. The molecule has 1 aromatic rings. The maximum Gasteiger partial charge on any atom is 0.417 e. The van der Waals surface area contributed by atoms with E-state index in [2.05, 4.69) is 4.72 Å². The maximum absolute atomic E-state index is 12.9. The van der Waals surface area contributed by atoms with Crippen LogP contribution in [-0.4, -0.2) is 38.4 Å². The molecule has 1 fully saturated rings. The maximum atomic E-state index is 12.9. The van der Waals surface area contributed by atoms with Gasteiger partial charge < -0.3 is 4.90 Å². The van der Waals surface area contributed by atoms with Crippen molar-refractivity contribution >= 4 is 27.5 Å². The Morgan fingerprint density at radius 3 is 2.42 bits per heavy atom. The lowest BCUT2D eigenvalue weighted by Crippen LogP contribution is -2.45. The summed E-state index contributed by atoms with van der Waals surface area (Å²) in [6.45, 7) is 2.45. The van der Waals surface area contributed by atoms with E-state index in [1.807, 2.05) is 0 Å². The van der Waals surface area contributed by atoms with Crippen LogP contribution in [0.1, 0.15) is 25.3 Å². The summed E-state index contributed by atoms with van der Waals surface area (Å²) in [5.74, 6) is -0.402. The number of nitrogens with zero attached hydrogens (tertiary/aromatic N) is 1. The Morgan fingerprint density at radius 2 is 1.88 bits per heavy atom. The molecule has 1 aromatic carbocycles. The zero-order chi connectivity index (χ0) is 18.1. The number of hydrogen-bond donors (Lipinski definition) is 1. The van der Waals surface area contributed by atoms with E-state index in [1.165, 1.54) is 11.8 Å². The fourth-order valence-electron chi connectivity index (χ4n) is 2.45. The molecule has 0 spiro atoms. The Bertz CT molecular complexity index is 731. The first-order valence-electron chi connectivity index (χ1n) is 7.20. The second kappa shape index (κ2) is 6.89. The van der Waals surface area contributed by atoms with Crippen LogP contribution < -0.4 is 4.72 Å². The number of rotatable bonds is 4. The highest BCUT2D eigenvalue weighted by atomic mass is 35.5. The summed E-state index contributed by atoms with van der Waals surface area (Å²) < 4.78 is 65.2. The average Bonchev–Trinajstić information content (AvgIpc) is 2.99. The summed E-state index contributed by atoms with van der Waals surface area (Å²) in [7, 11) is -4.29. The summed E-state index contributed by atoms with van der Waals surface area (Å²) in [4.78, 5) is 13.1. The molecule has 1 aliphatic heterocycles. The number of likely N-dealkylation sites (tertiary alicyclic amines) is 1. The predicted molar refractivity (Wildman–Crippen MR) is 82.1 cm³/mol. The van der Waals surface area contributed by atoms with Crippen molar-refractivity contribution in [3.05, 3.63) is 28.8 Å². The Labute approximate surface area is 142 Å². The minimum atomic E-state index is -4.78. The fraction of sp³-hybridized carbons (Fsp3) is 0.500. The van der Waals surface area contributed by atoms with Gasteiger partial charge in [-0.15, -0.1) is 0 Å². The minimum absolute atomic E-state index is 0.402. The number of carbonyl (C=O) groups is 1. The topological polar surface area (TPSA) is 66.5 Å². The van der Waals surface area contributed by atoms with Crippen LogP contribution in [-0.2, 0) is 21.0 Å². The molecule has 0 unspecified atom stereocenters. The van der Waals surface area contributed by atoms with Crippen LogP contribution in [0.25, 0.3) is 0 Å². The first-order valence-corrected chi connectivity index (χ1v) is 9.06. The van der Waals surface area contributed by atoms with Crippen molar-refractivity contribution < 1.29 is 26.4 Å². The van der Waals surface area contributed by atoms with Crippen LogP contribution in [0.3, 0.4) is 0 Å². The molecule has 1 saturated heterocycles. The molecule has 1 heterocycles. The molecular weight excluding hydrogens is 369 g/mol. The van der Waals surface area contributed by atoms with Gasteiger partial charge in [0.25, 0.3) is 0 Å². The SMILES string of the molecule is C[C@@H](NS(=O)(=O)c1ccc(Cl)c(C(F)(F)F)c1)C(=O)N1CCCC1. The van der Waals surface area contributed by atoms with Crippen LogP contribution >= 0.6 is 11.6 Å². The predicted octanol–water partition coefficient (Wildman–Crippen LogP) is 2.65. The van der Waals surface area contributed by atoms with Crippen LogP contribution in [0.5, 0.6) is 0 Å². The molecule has 1 N–H and O–H groups in total. The molecule has 2 rings (SSSR count). The Hall–Kier alpha value is -1.32. The first-order chi connectivity index (χ1) is 11.0. The van der Waals surface area contributed by atoms with Gasteiger partial charge in [0.15, 0.2) is 0 Å². The largest absolute Gasteiger partial charge is 0.417 e. The summed E-state index contributed by atoms with van der Waals surface area (Å²) in [5, 5.41) is -0.595. The molecule has 0 aromatic heterocycles. The van der Waals surface area contributed by atoms with Crippen molar-refractivity contribution in [2.75, 3.05) is 13.1 Å². The first kappa shape index (κ1) is 19.0. The third-order valence-corrected chi connectivity index (χ3v) is 5.54. The second-order valence-corrected chi connectivity index (χ2v) is 7.64. The highest BCUT2D eigenvalue weighted by Crippen LogP contribution is 2.35. The molecule has 0 aliphatic carbocycles. The molecule has 1 amide bonds. The molecule has 24 heavy (non-hydrogen) atoms. The van der Waals surface area contributed by atoms with E-state index in [0.717, 1.165) is 25.0 Å². The second-order valence-electron chi connectivity index (χ2n) is 5.51. The van der Waals surface area contributed by atoms with E-state index in [0.29, 0.717) is 19.2 Å². The molecule has 0 bridgehead atoms.